The predicted molar refractivity (Wildman–Crippen MR) is 94.3 cm³/mol. The highest BCUT2D eigenvalue weighted by Gasteiger charge is 2.27. The van der Waals surface area contributed by atoms with Crippen LogP contribution in [0.1, 0.15) is 52.0 Å². The number of hydrogen-bond acceptors (Lipinski definition) is 3. The second-order valence-corrected chi connectivity index (χ2v) is 6.44. The van der Waals surface area contributed by atoms with Crippen LogP contribution >= 0.6 is 0 Å². The van der Waals surface area contributed by atoms with Gasteiger partial charge in [-0.05, 0) is 43.4 Å². The number of aryl methyl sites for hydroxylation is 2. The molecule has 5 nitrogen and oxygen atoms in total. The number of amides is 1. The van der Waals surface area contributed by atoms with E-state index in [2.05, 4.69) is 10.4 Å². The van der Waals surface area contributed by atoms with E-state index >= 15 is 0 Å². The van der Waals surface area contributed by atoms with E-state index in [-0.39, 0.29) is 11.9 Å². The third kappa shape index (κ3) is 2.97. The summed E-state index contributed by atoms with van der Waals surface area (Å²) in [6.45, 7) is 0. The summed E-state index contributed by atoms with van der Waals surface area (Å²) in [5.74, 6) is 0.610. The molecule has 1 N–H and O–H groups in total. The molecule has 2 heterocycles. The van der Waals surface area contributed by atoms with Gasteiger partial charge in [-0.25, -0.2) is 0 Å². The van der Waals surface area contributed by atoms with E-state index in [1.54, 1.807) is 10.9 Å². The van der Waals surface area contributed by atoms with Gasteiger partial charge in [-0.15, -0.1) is 0 Å². The topological polar surface area (TPSA) is 60.1 Å². The average molecular weight is 335 g/mol. The predicted octanol–water partition coefficient (Wildman–Crippen LogP) is 3.41. The molecule has 0 unspecified atom stereocenters. The lowest BCUT2D eigenvalue weighted by Crippen LogP contribution is -2.31. The average Bonchev–Trinajstić information content (AvgIpc) is 3.27. The summed E-state index contributed by atoms with van der Waals surface area (Å²) in [6.07, 6.45) is 5.76. The second kappa shape index (κ2) is 6.59. The summed E-state index contributed by atoms with van der Waals surface area (Å²) < 4.78 is 7.29. The fourth-order valence-corrected chi connectivity index (χ4v) is 3.58. The van der Waals surface area contributed by atoms with Gasteiger partial charge in [0.05, 0.1) is 12.0 Å². The molecular formula is C20H21N3O2. The number of carbonyl (C=O) groups is 1. The molecule has 0 fully saturated rings. The van der Waals surface area contributed by atoms with Crippen LogP contribution in [0.2, 0.25) is 0 Å². The zero-order valence-corrected chi connectivity index (χ0v) is 14.2. The van der Waals surface area contributed by atoms with E-state index in [9.17, 15) is 4.79 Å². The van der Waals surface area contributed by atoms with Crippen LogP contribution < -0.4 is 5.32 Å². The van der Waals surface area contributed by atoms with Crippen molar-refractivity contribution in [2.75, 3.05) is 0 Å². The maximum atomic E-state index is 13.1. The number of rotatable bonds is 4. The Balaban J connectivity index is 1.67. The SMILES string of the molecule is Cn1nc2c(c1C(=O)N[C@@H](c1ccccc1)c1ccco1)CCCC2. The molecule has 3 aromatic rings. The van der Waals surface area contributed by atoms with Crippen LogP contribution in [0.5, 0.6) is 0 Å². The standard InChI is InChI=1S/C20H21N3O2/c1-23-19(15-10-5-6-11-16(15)22-23)20(24)21-18(17-12-7-13-25-17)14-8-3-2-4-9-14/h2-4,7-9,12-13,18H,5-6,10-11H2,1H3,(H,21,24)/t18-/m0/s1. The molecule has 0 saturated carbocycles. The molecule has 0 aliphatic heterocycles. The van der Waals surface area contributed by atoms with Crippen molar-refractivity contribution in [1.29, 1.82) is 0 Å². The Bertz CT molecular complexity index is 866. The summed E-state index contributed by atoms with van der Waals surface area (Å²) >= 11 is 0. The number of hydrogen-bond donors (Lipinski definition) is 1. The molecule has 5 heteroatoms. The first-order valence-corrected chi connectivity index (χ1v) is 8.68. The summed E-state index contributed by atoms with van der Waals surface area (Å²) in [6, 6.07) is 13.3. The molecule has 4 rings (SSSR count). The van der Waals surface area contributed by atoms with Gasteiger partial charge >= 0.3 is 0 Å². The van der Waals surface area contributed by atoms with Crippen LogP contribution in [-0.2, 0) is 19.9 Å². The molecule has 1 aliphatic carbocycles. The van der Waals surface area contributed by atoms with E-state index in [1.165, 1.54) is 0 Å². The highest BCUT2D eigenvalue weighted by atomic mass is 16.3. The molecule has 1 aromatic carbocycles. The lowest BCUT2D eigenvalue weighted by molar-refractivity contribution is 0.0928. The maximum Gasteiger partial charge on any atom is 0.270 e. The minimum Gasteiger partial charge on any atom is -0.467 e. The van der Waals surface area contributed by atoms with Gasteiger partial charge in [0.2, 0.25) is 0 Å². The molecule has 128 valence electrons. The number of fused-ring (bicyclic) bond motifs is 1. The zero-order chi connectivity index (χ0) is 17.2. The van der Waals surface area contributed by atoms with Gasteiger partial charge in [0.25, 0.3) is 5.91 Å². The lowest BCUT2D eigenvalue weighted by atomic mass is 9.95. The van der Waals surface area contributed by atoms with Crippen molar-refractivity contribution in [1.82, 2.24) is 15.1 Å². The maximum absolute atomic E-state index is 13.1. The number of benzene rings is 1. The van der Waals surface area contributed by atoms with Crippen LogP contribution in [0.3, 0.4) is 0 Å². The van der Waals surface area contributed by atoms with Crippen LogP contribution in [0.4, 0.5) is 0 Å². The first-order valence-electron chi connectivity index (χ1n) is 8.68. The Morgan fingerprint density at radius 3 is 2.72 bits per heavy atom. The molecular weight excluding hydrogens is 314 g/mol. The molecule has 1 amide bonds. The largest absolute Gasteiger partial charge is 0.467 e. The van der Waals surface area contributed by atoms with Crippen LogP contribution in [0.15, 0.2) is 53.1 Å². The molecule has 0 bridgehead atoms. The number of furan rings is 1. The Hall–Kier alpha value is -2.82. The molecule has 1 atom stereocenters. The second-order valence-electron chi connectivity index (χ2n) is 6.44. The summed E-state index contributed by atoms with van der Waals surface area (Å²) in [5.41, 5.74) is 3.81. The van der Waals surface area contributed by atoms with Gasteiger partial charge in [-0.3, -0.25) is 9.48 Å². The van der Waals surface area contributed by atoms with E-state index in [0.29, 0.717) is 5.69 Å². The zero-order valence-electron chi connectivity index (χ0n) is 14.2. The quantitative estimate of drug-likeness (QED) is 0.795. The fraction of sp³-hybridized carbons (Fsp3) is 0.300. The van der Waals surface area contributed by atoms with Crippen molar-refractivity contribution in [2.45, 2.75) is 31.7 Å². The Morgan fingerprint density at radius 2 is 1.96 bits per heavy atom. The van der Waals surface area contributed by atoms with E-state index in [4.69, 9.17) is 4.42 Å². The van der Waals surface area contributed by atoms with Crippen LogP contribution in [0.25, 0.3) is 0 Å². The van der Waals surface area contributed by atoms with Gasteiger partial charge < -0.3 is 9.73 Å². The van der Waals surface area contributed by atoms with Gasteiger partial charge in [0.1, 0.15) is 17.5 Å². The molecule has 1 aliphatic rings. The first kappa shape index (κ1) is 15.7. The summed E-state index contributed by atoms with van der Waals surface area (Å²) in [5, 5.41) is 7.68. The fourth-order valence-electron chi connectivity index (χ4n) is 3.58. The minimum absolute atomic E-state index is 0.108. The van der Waals surface area contributed by atoms with Crippen LogP contribution in [-0.4, -0.2) is 15.7 Å². The Kier molecular flexibility index (Phi) is 4.14. The highest BCUT2D eigenvalue weighted by molar-refractivity contribution is 5.94. The molecule has 25 heavy (non-hydrogen) atoms. The molecule has 0 radical (unpaired) electrons. The van der Waals surface area contributed by atoms with Gasteiger partial charge in [0.15, 0.2) is 0 Å². The van der Waals surface area contributed by atoms with Crippen molar-refractivity contribution in [3.8, 4) is 0 Å². The van der Waals surface area contributed by atoms with E-state index in [1.807, 2.05) is 49.5 Å². The molecule has 2 aromatic heterocycles. The van der Waals surface area contributed by atoms with E-state index in [0.717, 1.165) is 48.3 Å². The van der Waals surface area contributed by atoms with Gasteiger partial charge in [-0.2, -0.15) is 5.10 Å². The highest BCUT2D eigenvalue weighted by Crippen LogP contribution is 2.26. The van der Waals surface area contributed by atoms with Crippen LogP contribution in [0, 0.1) is 0 Å². The Labute approximate surface area is 146 Å². The summed E-state index contributed by atoms with van der Waals surface area (Å²) in [4.78, 5) is 13.1. The third-order valence-corrected chi connectivity index (χ3v) is 4.77. The van der Waals surface area contributed by atoms with Gasteiger partial charge in [0, 0.05) is 12.6 Å². The van der Waals surface area contributed by atoms with E-state index < -0.39 is 0 Å². The molecule has 0 spiro atoms. The van der Waals surface area contributed by atoms with Crippen molar-refractivity contribution in [2.24, 2.45) is 7.05 Å². The number of carbonyl (C=O) groups excluding carboxylic acids is 1. The monoisotopic (exact) mass is 335 g/mol. The summed E-state index contributed by atoms with van der Waals surface area (Å²) in [7, 11) is 1.84. The normalized spacial score (nSPS) is 14.8. The van der Waals surface area contributed by atoms with Crippen molar-refractivity contribution >= 4 is 5.91 Å². The minimum atomic E-state index is -0.321. The first-order chi connectivity index (χ1) is 12.2. The molecule has 0 saturated heterocycles. The Morgan fingerprint density at radius 1 is 1.16 bits per heavy atom. The number of aromatic nitrogens is 2. The third-order valence-electron chi connectivity index (χ3n) is 4.77. The van der Waals surface area contributed by atoms with Crippen molar-refractivity contribution < 1.29 is 9.21 Å². The van der Waals surface area contributed by atoms with Crippen molar-refractivity contribution in [3.63, 3.8) is 0 Å². The van der Waals surface area contributed by atoms with Gasteiger partial charge in [-0.1, -0.05) is 30.3 Å². The smallest absolute Gasteiger partial charge is 0.270 e. The number of nitrogens with one attached hydrogen (secondary N) is 1. The van der Waals surface area contributed by atoms with Crippen molar-refractivity contribution in [3.05, 3.63) is 77.0 Å². The lowest BCUT2D eigenvalue weighted by Gasteiger charge is -2.18. The number of nitrogens with zero attached hydrogens (tertiary/aromatic N) is 2.